The number of hydrogen-bond acceptors (Lipinski definition) is 7. The van der Waals surface area contributed by atoms with Gasteiger partial charge in [-0.25, -0.2) is 9.78 Å². The topological polar surface area (TPSA) is 74.8 Å². The number of ether oxygens (including phenoxy) is 1. The second-order valence-electron chi connectivity index (χ2n) is 8.31. The summed E-state index contributed by atoms with van der Waals surface area (Å²) in [5.41, 5.74) is 0.357. The molecule has 7 nitrogen and oxygen atoms in total. The van der Waals surface area contributed by atoms with E-state index in [2.05, 4.69) is 15.2 Å². The first-order valence-corrected chi connectivity index (χ1v) is 12.0. The van der Waals surface area contributed by atoms with E-state index in [9.17, 15) is 9.59 Å². The minimum Gasteiger partial charge on any atom is -0.444 e. The first kappa shape index (κ1) is 22.7. The molecule has 164 valence electrons. The monoisotopic (exact) mass is 450 g/mol. The lowest BCUT2D eigenvalue weighted by Gasteiger charge is -2.35. The smallest absolute Gasteiger partial charge is 0.410 e. The third kappa shape index (κ3) is 7.07. The largest absolute Gasteiger partial charge is 0.444 e. The Kier molecular flexibility index (Phi) is 7.85. The summed E-state index contributed by atoms with van der Waals surface area (Å²) in [6.45, 7) is 10.2. The summed E-state index contributed by atoms with van der Waals surface area (Å²) in [4.78, 5) is 34.1. The molecule has 3 rings (SSSR count). The van der Waals surface area contributed by atoms with Crippen molar-refractivity contribution in [3.8, 4) is 9.88 Å². The van der Waals surface area contributed by atoms with Gasteiger partial charge < -0.3 is 15.0 Å². The van der Waals surface area contributed by atoms with Gasteiger partial charge in [0.1, 0.15) is 10.6 Å². The van der Waals surface area contributed by atoms with E-state index >= 15 is 0 Å². The standard InChI is InChI=1S/C21H30N4O3S2/c1-21(2,3)28-20(27)25-11-9-24(10-12-25)8-5-7-22-18(26)14-16-15-30-19(23-16)17-6-4-13-29-17/h4,6,13,15H,5,7-12,14H2,1-3H3,(H,22,26). The summed E-state index contributed by atoms with van der Waals surface area (Å²) in [6.07, 6.45) is 0.963. The number of aromatic nitrogens is 1. The Labute approximate surface area is 186 Å². The van der Waals surface area contributed by atoms with Crippen LogP contribution in [0.15, 0.2) is 22.9 Å². The molecule has 0 radical (unpaired) electrons. The van der Waals surface area contributed by atoms with Crippen LogP contribution in [0.5, 0.6) is 0 Å². The molecule has 0 unspecified atom stereocenters. The quantitative estimate of drug-likeness (QED) is 0.654. The number of piperazine rings is 1. The molecular formula is C21H30N4O3S2. The summed E-state index contributed by atoms with van der Waals surface area (Å²) in [7, 11) is 0. The Balaban J connectivity index is 1.29. The molecule has 1 N–H and O–H groups in total. The Hall–Kier alpha value is -1.97. The molecule has 1 aliphatic heterocycles. The lowest BCUT2D eigenvalue weighted by atomic mass is 10.2. The van der Waals surface area contributed by atoms with Crippen molar-refractivity contribution in [1.29, 1.82) is 0 Å². The molecule has 30 heavy (non-hydrogen) atoms. The second-order valence-corrected chi connectivity index (χ2v) is 10.1. The van der Waals surface area contributed by atoms with Gasteiger partial charge in [0.15, 0.2) is 0 Å². The molecular weight excluding hydrogens is 420 g/mol. The van der Waals surface area contributed by atoms with Gasteiger partial charge >= 0.3 is 6.09 Å². The van der Waals surface area contributed by atoms with E-state index in [1.54, 1.807) is 27.6 Å². The number of amides is 2. The highest BCUT2D eigenvalue weighted by molar-refractivity contribution is 7.20. The van der Waals surface area contributed by atoms with E-state index in [1.165, 1.54) is 0 Å². The van der Waals surface area contributed by atoms with Crippen molar-refractivity contribution in [3.05, 3.63) is 28.6 Å². The van der Waals surface area contributed by atoms with Gasteiger partial charge in [-0.2, -0.15) is 0 Å². The van der Waals surface area contributed by atoms with E-state index in [4.69, 9.17) is 4.74 Å². The molecule has 0 bridgehead atoms. The number of carbonyl (C=O) groups excluding carboxylic acids is 2. The number of rotatable bonds is 7. The van der Waals surface area contributed by atoms with Crippen LogP contribution in [0.3, 0.4) is 0 Å². The van der Waals surface area contributed by atoms with Crippen molar-refractivity contribution in [3.63, 3.8) is 0 Å². The lowest BCUT2D eigenvalue weighted by molar-refractivity contribution is -0.120. The SMILES string of the molecule is CC(C)(C)OC(=O)N1CCN(CCCNC(=O)Cc2csc(-c3cccs3)n2)CC1. The van der Waals surface area contributed by atoms with Crippen LogP contribution in [0.1, 0.15) is 32.9 Å². The molecule has 0 saturated carbocycles. The number of hydrogen-bond donors (Lipinski definition) is 1. The van der Waals surface area contributed by atoms with E-state index < -0.39 is 5.60 Å². The minimum atomic E-state index is -0.462. The predicted octanol–water partition coefficient (Wildman–Crippen LogP) is 3.47. The number of thiophene rings is 1. The van der Waals surface area contributed by atoms with Crippen LogP contribution in [-0.2, 0) is 16.0 Å². The molecule has 0 aliphatic carbocycles. The fourth-order valence-corrected chi connectivity index (χ4v) is 4.77. The highest BCUT2D eigenvalue weighted by Gasteiger charge is 2.25. The van der Waals surface area contributed by atoms with Gasteiger partial charge in [0, 0.05) is 38.1 Å². The van der Waals surface area contributed by atoms with E-state index in [1.807, 2.05) is 43.7 Å². The van der Waals surface area contributed by atoms with Gasteiger partial charge in [-0.1, -0.05) is 6.07 Å². The summed E-state index contributed by atoms with van der Waals surface area (Å²) < 4.78 is 5.43. The molecule has 0 spiro atoms. The van der Waals surface area contributed by atoms with Crippen LogP contribution < -0.4 is 5.32 Å². The van der Waals surface area contributed by atoms with Gasteiger partial charge in [0.2, 0.25) is 5.91 Å². The normalized spacial score (nSPS) is 15.2. The first-order chi connectivity index (χ1) is 14.3. The second kappa shape index (κ2) is 10.4. The van der Waals surface area contributed by atoms with Gasteiger partial charge in [0.05, 0.1) is 17.0 Å². The van der Waals surface area contributed by atoms with E-state index in [0.29, 0.717) is 26.1 Å². The minimum absolute atomic E-state index is 0.00720. The Morgan fingerprint density at radius 2 is 1.97 bits per heavy atom. The summed E-state index contributed by atoms with van der Waals surface area (Å²) >= 11 is 3.23. The molecule has 0 aromatic carbocycles. The van der Waals surface area contributed by atoms with Gasteiger partial charge in [-0.05, 0) is 45.2 Å². The van der Waals surface area contributed by atoms with E-state index in [0.717, 1.165) is 41.6 Å². The molecule has 1 aliphatic rings. The van der Waals surface area contributed by atoms with Gasteiger partial charge in [-0.3, -0.25) is 9.69 Å². The molecule has 9 heteroatoms. The summed E-state index contributed by atoms with van der Waals surface area (Å²) in [5, 5.41) is 7.94. The average Bonchev–Trinajstić information content (AvgIpc) is 3.36. The Bertz CT molecular complexity index is 822. The third-order valence-electron chi connectivity index (χ3n) is 4.62. The van der Waals surface area contributed by atoms with Crippen molar-refractivity contribution >= 4 is 34.7 Å². The number of thiazole rings is 1. The fraction of sp³-hybridized carbons (Fsp3) is 0.571. The lowest BCUT2D eigenvalue weighted by Crippen LogP contribution is -2.50. The van der Waals surface area contributed by atoms with Crippen LogP contribution in [0, 0.1) is 0 Å². The highest BCUT2D eigenvalue weighted by Crippen LogP contribution is 2.27. The number of carbonyl (C=O) groups is 2. The third-order valence-corrected chi connectivity index (χ3v) is 6.55. The maximum atomic E-state index is 12.2. The highest BCUT2D eigenvalue weighted by atomic mass is 32.1. The average molecular weight is 451 g/mol. The molecule has 1 fully saturated rings. The maximum absolute atomic E-state index is 12.2. The Morgan fingerprint density at radius 1 is 1.20 bits per heavy atom. The maximum Gasteiger partial charge on any atom is 0.410 e. The number of nitrogens with zero attached hydrogens (tertiary/aromatic N) is 3. The molecule has 2 aromatic rings. The zero-order valence-corrected chi connectivity index (χ0v) is 19.5. The van der Waals surface area contributed by atoms with Gasteiger partial charge in [0.25, 0.3) is 0 Å². The number of nitrogens with one attached hydrogen (secondary N) is 1. The van der Waals surface area contributed by atoms with Crippen LogP contribution in [0.4, 0.5) is 4.79 Å². The summed E-state index contributed by atoms with van der Waals surface area (Å²) in [6, 6.07) is 4.05. The molecule has 1 saturated heterocycles. The van der Waals surface area contributed by atoms with Crippen molar-refractivity contribution < 1.29 is 14.3 Å². The van der Waals surface area contributed by atoms with Crippen molar-refractivity contribution in [1.82, 2.24) is 20.1 Å². The van der Waals surface area contributed by atoms with Crippen molar-refractivity contribution in [2.45, 2.75) is 39.2 Å². The van der Waals surface area contributed by atoms with E-state index in [-0.39, 0.29) is 12.0 Å². The molecule has 2 aromatic heterocycles. The molecule has 0 atom stereocenters. The van der Waals surface area contributed by atoms with Crippen LogP contribution >= 0.6 is 22.7 Å². The molecule has 2 amide bonds. The van der Waals surface area contributed by atoms with Crippen LogP contribution in [0.2, 0.25) is 0 Å². The van der Waals surface area contributed by atoms with Gasteiger partial charge in [-0.15, -0.1) is 22.7 Å². The zero-order chi connectivity index (χ0) is 21.6. The Morgan fingerprint density at radius 3 is 2.63 bits per heavy atom. The molecule has 3 heterocycles. The predicted molar refractivity (Wildman–Crippen MR) is 121 cm³/mol. The van der Waals surface area contributed by atoms with Crippen LogP contribution in [0.25, 0.3) is 9.88 Å². The fourth-order valence-electron chi connectivity index (χ4n) is 3.14. The summed E-state index contributed by atoms with van der Waals surface area (Å²) in [5.74, 6) is 0.00720. The van der Waals surface area contributed by atoms with Crippen LogP contribution in [-0.4, -0.2) is 71.7 Å². The first-order valence-electron chi connectivity index (χ1n) is 10.3. The zero-order valence-electron chi connectivity index (χ0n) is 17.8. The van der Waals surface area contributed by atoms with Crippen molar-refractivity contribution in [2.75, 3.05) is 39.3 Å². The van der Waals surface area contributed by atoms with Crippen molar-refractivity contribution in [2.24, 2.45) is 0 Å².